The Balaban J connectivity index is 2.41. The van der Waals surface area contributed by atoms with Gasteiger partial charge in [0.1, 0.15) is 5.69 Å². The van der Waals surface area contributed by atoms with E-state index in [0.29, 0.717) is 5.82 Å². The fraction of sp³-hybridized carbons (Fsp3) is 0.357. The summed E-state index contributed by atoms with van der Waals surface area (Å²) >= 11 is 6.89. The fourth-order valence-electron chi connectivity index (χ4n) is 1.84. The quantitative estimate of drug-likeness (QED) is 0.851. The van der Waals surface area contributed by atoms with E-state index in [4.69, 9.17) is 5.73 Å². The summed E-state index contributed by atoms with van der Waals surface area (Å²) in [6.45, 7) is 4.03. The van der Waals surface area contributed by atoms with E-state index < -0.39 is 0 Å². The Labute approximate surface area is 135 Å². The molecule has 20 heavy (non-hydrogen) atoms. The number of aromatic nitrogens is 3. The van der Waals surface area contributed by atoms with E-state index in [0.717, 1.165) is 38.9 Å². The Morgan fingerprint density at radius 3 is 2.65 bits per heavy atom. The van der Waals surface area contributed by atoms with Crippen LogP contribution in [-0.2, 0) is 6.42 Å². The standard InChI is InChI=1S/C14H16Br2N4/c1-3-10(17)6-11-4-8(2)19-14(20-11)13-12(16)5-9(15)7-18-13/h4-5,7,10H,3,6,17H2,1-2H3. The molecule has 0 aliphatic carbocycles. The SMILES string of the molecule is CCC(N)Cc1cc(C)nc(-c2ncc(Br)cc2Br)n1. The lowest BCUT2D eigenvalue weighted by molar-refractivity contribution is 0.635. The number of pyridine rings is 1. The first kappa shape index (κ1) is 15.5. The van der Waals surface area contributed by atoms with Crippen molar-refractivity contribution in [1.82, 2.24) is 15.0 Å². The van der Waals surface area contributed by atoms with E-state index >= 15 is 0 Å². The molecule has 2 heterocycles. The molecule has 0 radical (unpaired) electrons. The van der Waals surface area contributed by atoms with Crippen molar-refractivity contribution in [2.45, 2.75) is 32.7 Å². The summed E-state index contributed by atoms with van der Waals surface area (Å²) in [7, 11) is 0. The molecule has 0 aliphatic rings. The van der Waals surface area contributed by atoms with Crippen molar-refractivity contribution in [3.8, 4) is 11.5 Å². The molecule has 1 atom stereocenters. The molecule has 2 aromatic heterocycles. The van der Waals surface area contributed by atoms with Gasteiger partial charge in [0.15, 0.2) is 5.82 Å². The number of nitrogens with two attached hydrogens (primary N) is 1. The Morgan fingerprint density at radius 2 is 2.00 bits per heavy atom. The zero-order valence-corrected chi connectivity index (χ0v) is 14.6. The van der Waals surface area contributed by atoms with E-state index in [9.17, 15) is 0 Å². The minimum Gasteiger partial charge on any atom is -0.327 e. The first-order chi connectivity index (χ1) is 9.49. The molecule has 0 saturated carbocycles. The molecule has 1 unspecified atom stereocenters. The van der Waals surface area contributed by atoms with Crippen LogP contribution in [0.25, 0.3) is 11.5 Å². The fourth-order valence-corrected chi connectivity index (χ4v) is 3.00. The molecule has 0 bridgehead atoms. The van der Waals surface area contributed by atoms with Gasteiger partial charge in [-0.25, -0.2) is 9.97 Å². The third-order valence-corrected chi connectivity index (χ3v) is 3.96. The summed E-state index contributed by atoms with van der Waals surface area (Å²) in [5.41, 5.74) is 8.62. The van der Waals surface area contributed by atoms with Crippen molar-refractivity contribution in [2.75, 3.05) is 0 Å². The lowest BCUT2D eigenvalue weighted by atomic mass is 10.1. The first-order valence-electron chi connectivity index (χ1n) is 6.41. The Kier molecular flexibility index (Phi) is 5.23. The van der Waals surface area contributed by atoms with Crippen molar-refractivity contribution in [3.05, 3.63) is 38.7 Å². The predicted octanol–water partition coefficient (Wildman–Crippen LogP) is 3.65. The van der Waals surface area contributed by atoms with Crippen molar-refractivity contribution < 1.29 is 0 Å². The van der Waals surface area contributed by atoms with Crippen LogP contribution < -0.4 is 5.73 Å². The van der Waals surface area contributed by atoms with Crippen molar-refractivity contribution in [3.63, 3.8) is 0 Å². The molecule has 2 N–H and O–H groups in total. The van der Waals surface area contributed by atoms with E-state index in [1.54, 1.807) is 6.20 Å². The van der Waals surface area contributed by atoms with Crippen molar-refractivity contribution in [1.29, 1.82) is 0 Å². The highest BCUT2D eigenvalue weighted by Crippen LogP contribution is 2.26. The molecule has 0 spiro atoms. The third-order valence-electron chi connectivity index (χ3n) is 2.92. The van der Waals surface area contributed by atoms with Gasteiger partial charge in [-0.1, -0.05) is 6.92 Å². The summed E-state index contributed by atoms with van der Waals surface area (Å²) in [6, 6.07) is 4.04. The van der Waals surface area contributed by atoms with Gasteiger partial charge < -0.3 is 5.73 Å². The largest absolute Gasteiger partial charge is 0.327 e. The second kappa shape index (κ2) is 6.74. The van der Waals surface area contributed by atoms with Crippen LogP contribution in [0.1, 0.15) is 24.7 Å². The number of halogens is 2. The highest BCUT2D eigenvalue weighted by Gasteiger charge is 2.12. The molecule has 0 aromatic carbocycles. The number of hydrogen-bond donors (Lipinski definition) is 1. The van der Waals surface area contributed by atoms with Gasteiger partial charge in [0.2, 0.25) is 0 Å². The molecule has 6 heteroatoms. The molecule has 0 saturated heterocycles. The second-order valence-electron chi connectivity index (χ2n) is 4.68. The summed E-state index contributed by atoms with van der Waals surface area (Å²) in [4.78, 5) is 13.4. The number of nitrogens with zero attached hydrogens (tertiary/aromatic N) is 3. The zero-order chi connectivity index (χ0) is 14.7. The zero-order valence-electron chi connectivity index (χ0n) is 11.4. The van der Waals surface area contributed by atoms with Crippen LogP contribution in [0.3, 0.4) is 0 Å². The summed E-state index contributed by atoms with van der Waals surface area (Å²) < 4.78 is 1.78. The molecule has 2 rings (SSSR count). The molecule has 0 amide bonds. The van der Waals surface area contributed by atoms with E-state index in [2.05, 4.69) is 53.7 Å². The summed E-state index contributed by atoms with van der Waals surface area (Å²) in [5.74, 6) is 0.627. The number of hydrogen-bond acceptors (Lipinski definition) is 4. The van der Waals surface area contributed by atoms with Crippen LogP contribution in [0.4, 0.5) is 0 Å². The van der Waals surface area contributed by atoms with E-state index in [1.165, 1.54) is 0 Å². The summed E-state index contributed by atoms with van der Waals surface area (Å²) in [6.07, 6.45) is 3.42. The van der Waals surface area contributed by atoms with Gasteiger partial charge in [-0.3, -0.25) is 4.98 Å². The topological polar surface area (TPSA) is 64.7 Å². The third kappa shape index (κ3) is 3.84. The molecule has 0 aliphatic heterocycles. The highest BCUT2D eigenvalue weighted by molar-refractivity contribution is 9.11. The molecule has 0 fully saturated rings. The highest BCUT2D eigenvalue weighted by atomic mass is 79.9. The predicted molar refractivity (Wildman–Crippen MR) is 87.4 cm³/mol. The van der Waals surface area contributed by atoms with Crippen LogP contribution >= 0.6 is 31.9 Å². The maximum atomic E-state index is 6.00. The van der Waals surface area contributed by atoms with Crippen LogP contribution in [-0.4, -0.2) is 21.0 Å². The molecule has 4 nitrogen and oxygen atoms in total. The van der Waals surface area contributed by atoms with Gasteiger partial charge in [-0.15, -0.1) is 0 Å². The lowest BCUT2D eigenvalue weighted by Gasteiger charge is -2.10. The smallest absolute Gasteiger partial charge is 0.179 e. The van der Waals surface area contributed by atoms with Gasteiger partial charge in [-0.2, -0.15) is 0 Å². The van der Waals surface area contributed by atoms with Crippen molar-refractivity contribution >= 4 is 31.9 Å². The summed E-state index contributed by atoms with van der Waals surface area (Å²) in [5, 5.41) is 0. The van der Waals surface area contributed by atoms with Gasteiger partial charge >= 0.3 is 0 Å². The van der Waals surface area contributed by atoms with Gasteiger partial charge in [0, 0.05) is 39.0 Å². The van der Waals surface area contributed by atoms with Crippen LogP contribution in [0.5, 0.6) is 0 Å². The van der Waals surface area contributed by atoms with Gasteiger partial charge in [0.05, 0.1) is 0 Å². The maximum absolute atomic E-state index is 6.00. The van der Waals surface area contributed by atoms with Crippen LogP contribution in [0.2, 0.25) is 0 Å². The first-order valence-corrected chi connectivity index (χ1v) is 7.99. The van der Waals surface area contributed by atoms with E-state index in [1.807, 2.05) is 19.1 Å². The minimum absolute atomic E-state index is 0.124. The van der Waals surface area contributed by atoms with Gasteiger partial charge in [-0.05, 0) is 57.3 Å². The second-order valence-corrected chi connectivity index (χ2v) is 6.45. The van der Waals surface area contributed by atoms with Crippen LogP contribution in [0, 0.1) is 6.92 Å². The maximum Gasteiger partial charge on any atom is 0.179 e. The molecular formula is C14H16Br2N4. The minimum atomic E-state index is 0.124. The van der Waals surface area contributed by atoms with E-state index in [-0.39, 0.29) is 6.04 Å². The Morgan fingerprint density at radius 1 is 1.25 bits per heavy atom. The number of aryl methyl sites for hydroxylation is 1. The normalized spacial score (nSPS) is 12.4. The molecular weight excluding hydrogens is 384 g/mol. The average molecular weight is 400 g/mol. The number of rotatable bonds is 4. The lowest BCUT2D eigenvalue weighted by Crippen LogP contribution is -2.22. The van der Waals surface area contributed by atoms with Gasteiger partial charge in [0.25, 0.3) is 0 Å². The Bertz CT molecular complexity index is 616. The molecule has 2 aromatic rings. The molecule has 106 valence electrons. The van der Waals surface area contributed by atoms with Crippen molar-refractivity contribution in [2.24, 2.45) is 5.73 Å². The Hall–Kier alpha value is -0.850. The average Bonchev–Trinajstić information content (AvgIpc) is 2.37. The van der Waals surface area contributed by atoms with Crippen LogP contribution in [0.15, 0.2) is 27.3 Å². The monoisotopic (exact) mass is 398 g/mol.